The van der Waals surface area contributed by atoms with Crippen LogP contribution < -0.4 is 5.32 Å². The third-order valence-corrected chi connectivity index (χ3v) is 3.23. The van der Waals surface area contributed by atoms with E-state index in [0.717, 1.165) is 25.1 Å². The molecule has 1 saturated heterocycles. The topological polar surface area (TPSA) is 29.1 Å². The molecule has 1 aliphatic heterocycles. The molecule has 1 fully saturated rings. The highest BCUT2D eigenvalue weighted by Crippen LogP contribution is 2.16. The third kappa shape index (κ3) is 3.40. The van der Waals surface area contributed by atoms with Crippen molar-refractivity contribution < 1.29 is 4.79 Å². The predicted molar refractivity (Wildman–Crippen MR) is 70.3 cm³/mol. The third-order valence-electron chi connectivity index (χ3n) is 3.23. The molecule has 0 aromatic heterocycles. The van der Waals surface area contributed by atoms with Gasteiger partial charge in [-0.3, -0.25) is 4.79 Å². The summed E-state index contributed by atoms with van der Waals surface area (Å²) in [5.41, 5.74) is 2.16. The van der Waals surface area contributed by atoms with Gasteiger partial charge in [-0.05, 0) is 43.0 Å². The Bertz CT molecular complexity index is 394. The van der Waals surface area contributed by atoms with Gasteiger partial charge in [0, 0.05) is 12.0 Å². The highest BCUT2D eigenvalue weighted by atomic mass is 16.1. The molecule has 0 amide bonds. The van der Waals surface area contributed by atoms with Gasteiger partial charge in [0.2, 0.25) is 0 Å². The van der Waals surface area contributed by atoms with E-state index in [-0.39, 0.29) is 0 Å². The number of carbonyl (C=O) groups is 1. The first-order valence-corrected chi connectivity index (χ1v) is 6.48. The molecular weight excluding hydrogens is 210 g/mol. The second-order valence-electron chi connectivity index (χ2n) is 5.45. The average Bonchev–Trinajstić information content (AvgIpc) is 2.22. The Morgan fingerprint density at radius 1 is 1.41 bits per heavy atom. The molecule has 2 nitrogen and oxygen atoms in total. The van der Waals surface area contributed by atoms with E-state index in [1.54, 1.807) is 0 Å². The molecule has 0 aliphatic carbocycles. The van der Waals surface area contributed by atoms with Crippen LogP contribution in [0, 0.1) is 11.8 Å². The summed E-state index contributed by atoms with van der Waals surface area (Å²) in [5, 5.41) is 3.20. The first kappa shape index (κ1) is 12.3. The van der Waals surface area contributed by atoms with Crippen molar-refractivity contribution in [1.29, 1.82) is 0 Å². The average molecular weight is 231 g/mol. The van der Waals surface area contributed by atoms with Crippen molar-refractivity contribution in [2.45, 2.75) is 26.7 Å². The largest absolute Gasteiger partial charge is 0.316 e. The Morgan fingerprint density at radius 3 is 2.76 bits per heavy atom. The maximum atomic E-state index is 12.1. The summed E-state index contributed by atoms with van der Waals surface area (Å²) in [6, 6.07) is 8.12. The Balaban J connectivity index is 2.01. The van der Waals surface area contributed by atoms with E-state index in [9.17, 15) is 4.79 Å². The van der Waals surface area contributed by atoms with Gasteiger partial charge in [-0.25, -0.2) is 0 Å². The van der Waals surface area contributed by atoms with Crippen molar-refractivity contribution in [2.24, 2.45) is 11.8 Å². The minimum Gasteiger partial charge on any atom is -0.316 e. The molecule has 1 aromatic rings. The van der Waals surface area contributed by atoms with Crippen LogP contribution in [0.5, 0.6) is 0 Å². The number of hydrogen-bond acceptors (Lipinski definition) is 2. The maximum absolute atomic E-state index is 12.1. The van der Waals surface area contributed by atoms with Crippen molar-refractivity contribution in [2.75, 3.05) is 13.1 Å². The van der Waals surface area contributed by atoms with E-state index < -0.39 is 0 Å². The summed E-state index contributed by atoms with van der Waals surface area (Å²) in [6.45, 7) is 6.40. The summed E-state index contributed by atoms with van der Waals surface area (Å²) >= 11 is 0. The fourth-order valence-corrected chi connectivity index (χ4v) is 2.22. The number of nitrogens with one attached hydrogen (secondary N) is 1. The minimum atomic E-state index is 0.294. The molecule has 0 radical (unpaired) electrons. The second-order valence-corrected chi connectivity index (χ2v) is 5.45. The predicted octanol–water partition coefficient (Wildman–Crippen LogP) is 2.68. The number of rotatable bonds is 5. The molecule has 1 heterocycles. The van der Waals surface area contributed by atoms with Crippen molar-refractivity contribution in [3.05, 3.63) is 35.4 Å². The quantitative estimate of drug-likeness (QED) is 0.789. The van der Waals surface area contributed by atoms with E-state index >= 15 is 0 Å². The summed E-state index contributed by atoms with van der Waals surface area (Å²) in [5.74, 6) is 1.48. The Morgan fingerprint density at radius 2 is 2.18 bits per heavy atom. The zero-order valence-electron chi connectivity index (χ0n) is 10.7. The van der Waals surface area contributed by atoms with Crippen LogP contribution in [-0.2, 0) is 6.42 Å². The molecule has 1 N–H and O–H groups in total. The Labute approximate surface area is 103 Å². The number of Topliss-reactive ketones (excluding diaryl/α,β-unsaturated/α-hetero) is 1. The van der Waals surface area contributed by atoms with E-state index in [2.05, 4.69) is 31.3 Å². The fourth-order valence-electron chi connectivity index (χ4n) is 2.22. The molecule has 0 atom stereocenters. The van der Waals surface area contributed by atoms with Crippen LogP contribution in [0.4, 0.5) is 0 Å². The summed E-state index contributed by atoms with van der Waals surface area (Å²) in [7, 11) is 0. The van der Waals surface area contributed by atoms with E-state index in [1.807, 2.05) is 12.1 Å². The van der Waals surface area contributed by atoms with Crippen molar-refractivity contribution in [1.82, 2.24) is 5.32 Å². The van der Waals surface area contributed by atoms with Crippen molar-refractivity contribution >= 4 is 5.78 Å². The molecule has 1 aliphatic rings. The van der Waals surface area contributed by atoms with Crippen LogP contribution in [-0.4, -0.2) is 18.9 Å². The van der Waals surface area contributed by atoms with Crippen LogP contribution in [0.25, 0.3) is 0 Å². The van der Waals surface area contributed by atoms with Gasteiger partial charge >= 0.3 is 0 Å². The highest BCUT2D eigenvalue weighted by Gasteiger charge is 2.20. The van der Waals surface area contributed by atoms with Crippen molar-refractivity contribution in [3.63, 3.8) is 0 Å². The number of benzene rings is 1. The molecule has 1 aromatic carbocycles. The normalized spacial score (nSPS) is 15.9. The molecule has 17 heavy (non-hydrogen) atoms. The smallest absolute Gasteiger partial charge is 0.163 e. The molecule has 0 spiro atoms. The van der Waals surface area contributed by atoms with E-state index in [0.29, 0.717) is 24.0 Å². The van der Waals surface area contributed by atoms with Crippen LogP contribution >= 0.6 is 0 Å². The molecule has 0 saturated carbocycles. The monoisotopic (exact) mass is 231 g/mol. The lowest BCUT2D eigenvalue weighted by Crippen LogP contribution is -2.42. The van der Waals surface area contributed by atoms with Crippen LogP contribution in [0.15, 0.2) is 24.3 Å². The van der Waals surface area contributed by atoms with Crippen LogP contribution in [0.3, 0.4) is 0 Å². The lowest BCUT2D eigenvalue weighted by atomic mass is 9.92. The van der Waals surface area contributed by atoms with Gasteiger partial charge in [-0.2, -0.15) is 0 Å². The van der Waals surface area contributed by atoms with Gasteiger partial charge in [0.25, 0.3) is 0 Å². The van der Waals surface area contributed by atoms with Gasteiger partial charge in [0.05, 0.1) is 0 Å². The first-order chi connectivity index (χ1) is 8.15. The summed E-state index contributed by atoms with van der Waals surface area (Å²) in [6.07, 6.45) is 1.74. The zero-order valence-corrected chi connectivity index (χ0v) is 10.7. The van der Waals surface area contributed by atoms with Gasteiger partial charge in [0.1, 0.15) is 0 Å². The number of ketones is 1. The zero-order chi connectivity index (χ0) is 12.3. The lowest BCUT2D eigenvalue weighted by molar-refractivity contribution is 0.0945. The van der Waals surface area contributed by atoms with Gasteiger partial charge in [0.15, 0.2) is 5.78 Å². The standard InChI is InChI=1S/C15H21NO/c1-11(2)6-12-4-3-5-14(7-12)15(17)8-13-9-16-10-13/h3-5,7,11,13,16H,6,8-10H2,1-2H3. The summed E-state index contributed by atoms with van der Waals surface area (Å²) < 4.78 is 0. The van der Waals surface area contributed by atoms with Crippen molar-refractivity contribution in [3.8, 4) is 0 Å². The molecule has 92 valence electrons. The van der Waals surface area contributed by atoms with Gasteiger partial charge in [-0.15, -0.1) is 0 Å². The maximum Gasteiger partial charge on any atom is 0.163 e. The van der Waals surface area contributed by atoms with Crippen LogP contribution in [0.1, 0.15) is 36.2 Å². The van der Waals surface area contributed by atoms with Gasteiger partial charge in [-0.1, -0.05) is 32.0 Å². The SMILES string of the molecule is CC(C)Cc1cccc(C(=O)CC2CNC2)c1. The fraction of sp³-hybridized carbons (Fsp3) is 0.533. The number of carbonyl (C=O) groups excluding carboxylic acids is 1. The Hall–Kier alpha value is -1.15. The second kappa shape index (κ2) is 5.46. The first-order valence-electron chi connectivity index (χ1n) is 6.48. The number of hydrogen-bond donors (Lipinski definition) is 1. The summed E-state index contributed by atoms with van der Waals surface area (Å²) in [4.78, 5) is 12.1. The van der Waals surface area contributed by atoms with E-state index in [1.165, 1.54) is 5.56 Å². The molecular formula is C15H21NO. The van der Waals surface area contributed by atoms with Crippen LogP contribution in [0.2, 0.25) is 0 Å². The molecule has 2 rings (SSSR count). The Kier molecular flexibility index (Phi) is 3.95. The lowest BCUT2D eigenvalue weighted by Gasteiger charge is -2.26. The molecule has 0 unspecified atom stereocenters. The molecule has 2 heteroatoms. The van der Waals surface area contributed by atoms with Gasteiger partial charge < -0.3 is 5.32 Å². The highest BCUT2D eigenvalue weighted by molar-refractivity contribution is 5.96. The van der Waals surface area contributed by atoms with E-state index in [4.69, 9.17) is 0 Å². The minimum absolute atomic E-state index is 0.294. The molecule has 0 bridgehead atoms.